The van der Waals surface area contributed by atoms with Crippen molar-refractivity contribution < 1.29 is 9.90 Å². The molecule has 82 valence electrons. The molecule has 4 nitrogen and oxygen atoms in total. The third kappa shape index (κ3) is 2.25. The van der Waals surface area contributed by atoms with Crippen molar-refractivity contribution >= 4 is 5.91 Å². The van der Waals surface area contributed by atoms with E-state index in [1.807, 2.05) is 18.7 Å². The van der Waals surface area contributed by atoms with Gasteiger partial charge in [-0.1, -0.05) is 13.8 Å². The summed E-state index contributed by atoms with van der Waals surface area (Å²) in [4.78, 5) is 14.9. The fourth-order valence-corrected chi connectivity index (χ4v) is 1.54. The van der Waals surface area contributed by atoms with Gasteiger partial charge in [0.2, 0.25) is 5.91 Å². The van der Waals surface area contributed by atoms with Gasteiger partial charge in [0.1, 0.15) is 0 Å². The van der Waals surface area contributed by atoms with Gasteiger partial charge in [0.05, 0.1) is 12.1 Å². The molecule has 1 heterocycles. The number of β-amino-alcohol motifs (C(OH)–C–C–N with tert-alkyl or cyclic N) is 1. The van der Waals surface area contributed by atoms with Crippen LogP contribution in [0.5, 0.6) is 0 Å². The molecule has 1 N–H and O–H groups in total. The van der Waals surface area contributed by atoms with Crippen LogP contribution in [0.25, 0.3) is 0 Å². The minimum absolute atomic E-state index is 0.0933. The number of carbonyl (C=O) groups excluding carboxylic acids is 1. The van der Waals surface area contributed by atoms with Crippen LogP contribution < -0.4 is 0 Å². The van der Waals surface area contributed by atoms with Crippen LogP contribution >= 0.6 is 0 Å². The van der Waals surface area contributed by atoms with Gasteiger partial charge in [-0.15, -0.1) is 0 Å². The van der Waals surface area contributed by atoms with Crippen molar-refractivity contribution in [2.75, 3.05) is 33.7 Å². The molecular formula is C10H20N2O2. The minimum atomic E-state index is -0.577. The normalized spacial score (nSPS) is 20.7. The first-order chi connectivity index (χ1) is 6.35. The summed E-state index contributed by atoms with van der Waals surface area (Å²) >= 11 is 0. The van der Waals surface area contributed by atoms with Gasteiger partial charge in [0, 0.05) is 27.2 Å². The number of hydrogen-bond donors (Lipinski definition) is 1. The quantitative estimate of drug-likeness (QED) is 0.685. The van der Waals surface area contributed by atoms with Gasteiger partial charge in [-0.25, -0.2) is 0 Å². The van der Waals surface area contributed by atoms with E-state index in [0.717, 1.165) is 0 Å². The summed E-state index contributed by atoms with van der Waals surface area (Å²) in [7, 11) is 3.49. The number of nitrogens with zero attached hydrogens (tertiary/aromatic N) is 2. The zero-order chi connectivity index (χ0) is 10.9. The zero-order valence-corrected chi connectivity index (χ0v) is 9.45. The summed E-state index contributed by atoms with van der Waals surface area (Å²) in [5, 5.41) is 9.94. The number of carbonyl (C=O) groups is 1. The summed E-state index contributed by atoms with van der Waals surface area (Å²) in [5.74, 6) is 0.351. The Morgan fingerprint density at radius 1 is 1.50 bits per heavy atom. The van der Waals surface area contributed by atoms with Crippen LogP contribution in [0.2, 0.25) is 0 Å². The van der Waals surface area contributed by atoms with Gasteiger partial charge in [-0.2, -0.15) is 0 Å². The largest absolute Gasteiger partial charge is 0.387 e. The Morgan fingerprint density at radius 3 is 2.36 bits per heavy atom. The fourth-order valence-electron chi connectivity index (χ4n) is 1.54. The molecule has 1 aliphatic rings. The summed E-state index contributed by atoms with van der Waals surface area (Å²) in [6.07, 6.45) is 0. The Morgan fingerprint density at radius 2 is 2.00 bits per heavy atom. The molecule has 1 aliphatic heterocycles. The van der Waals surface area contributed by atoms with Crippen LogP contribution in [-0.4, -0.2) is 60.1 Å². The number of rotatable bonds is 3. The average Bonchev–Trinajstić information content (AvgIpc) is 2.00. The van der Waals surface area contributed by atoms with Crippen molar-refractivity contribution in [1.29, 1.82) is 0 Å². The fraction of sp³-hybridized carbons (Fsp3) is 0.900. The van der Waals surface area contributed by atoms with Crippen LogP contribution in [0.1, 0.15) is 13.8 Å². The number of likely N-dealkylation sites (tertiary alicyclic amines) is 1. The van der Waals surface area contributed by atoms with Crippen molar-refractivity contribution in [3.63, 3.8) is 0 Å². The van der Waals surface area contributed by atoms with Crippen molar-refractivity contribution in [1.82, 2.24) is 9.80 Å². The molecule has 0 saturated carbocycles. The molecular weight excluding hydrogens is 180 g/mol. The SMILES string of the molecule is CC(C)C1(O)CN(CC(=O)N(C)C)C1. The molecule has 0 aliphatic carbocycles. The molecule has 0 radical (unpaired) electrons. The van der Waals surface area contributed by atoms with E-state index >= 15 is 0 Å². The topological polar surface area (TPSA) is 43.8 Å². The zero-order valence-electron chi connectivity index (χ0n) is 9.45. The standard InChI is InChI=1S/C10H20N2O2/c1-8(2)10(14)6-12(7-10)5-9(13)11(3)4/h8,14H,5-7H2,1-4H3. The first kappa shape index (κ1) is 11.5. The van der Waals surface area contributed by atoms with Crippen LogP contribution in [-0.2, 0) is 4.79 Å². The summed E-state index contributed by atoms with van der Waals surface area (Å²) in [6, 6.07) is 0. The van der Waals surface area contributed by atoms with Gasteiger partial charge in [0.15, 0.2) is 0 Å². The predicted molar refractivity (Wildman–Crippen MR) is 54.9 cm³/mol. The molecule has 1 rings (SSSR count). The second-order valence-corrected chi connectivity index (χ2v) is 4.69. The van der Waals surface area contributed by atoms with Gasteiger partial charge < -0.3 is 10.0 Å². The summed E-state index contributed by atoms with van der Waals surface area (Å²) in [6.45, 7) is 5.66. The maximum Gasteiger partial charge on any atom is 0.236 e. The third-order valence-corrected chi connectivity index (χ3v) is 2.93. The molecule has 0 atom stereocenters. The van der Waals surface area contributed by atoms with E-state index < -0.39 is 5.60 Å². The van der Waals surface area contributed by atoms with Gasteiger partial charge >= 0.3 is 0 Å². The lowest BCUT2D eigenvalue weighted by Crippen LogP contribution is -2.65. The van der Waals surface area contributed by atoms with Crippen LogP contribution in [0.4, 0.5) is 0 Å². The number of hydrogen-bond acceptors (Lipinski definition) is 3. The van der Waals surface area contributed by atoms with Gasteiger partial charge in [0.25, 0.3) is 0 Å². The number of likely N-dealkylation sites (N-methyl/N-ethyl adjacent to an activating group) is 1. The van der Waals surface area contributed by atoms with E-state index in [1.165, 1.54) is 0 Å². The molecule has 1 amide bonds. The Hall–Kier alpha value is -0.610. The number of amides is 1. The van der Waals surface area contributed by atoms with E-state index in [0.29, 0.717) is 19.6 Å². The Balaban J connectivity index is 2.32. The minimum Gasteiger partial charge on any atom is -0.387 e. The second kappa shape index (κ2) is 3.87. The molecule has 0 aromatic carbocycles. The van der Waals surface area contributed by atoms with Crippen molar-refractivity contribution in [3.05, 3.63) is 0 Å². The van der Waals surface area contributed by atoms with Crippen molar-refractivity contribution in [2.24, 2.45) is 5.92 Å². The molecule has 0 spiro atoms. The highest BCUT2D eigenvalue weighted by Crippen LogP contribution is 2.27. The summed E-state index contributed by atoms with van der Waals surface area (Å²) < 4.78 is 0. The van der Waals surface area contributed by atoms with E-state index in [4.69, 9.17) is 0 Å². The van der Waals surface area contributed by atoms with Crippen LogP contribution in [0.15, 0.2) is 0 Å². The Kier molecular flexibility index (Phi) is 3.17. The van der Waals surface area contributed by atoms with Gasteiger partial charge in [-0.3, -0.25) is 9.69 Å². The highest BCUT2D eigenvalue weighted by molar-refractivity contribution is 5.77. The lowest BCUT2D eigenvalue weighted by molar-refractivity contribution is -0.147. The van der Waals surface area contributed by atoms with Crippen molar-refractivity contribution in [3.8, 4) is 0 Å². The van der Waals surface area contributed by atoms with E-state index in [1.54, 1.807) is 19.0 Å². The predicted octanol–water partition coefficient (Wildman–Crippen LogP) is -0.223. The maximum absolute atomic E-state index is 11.3. The molecule has 0 aromatic rings. The highest BCUT2D eigenvalue weighted by Gasteiger charge is 2.43. The second-order valence-electron chi connectivity index (χ2n) is 4.69. The first-order valence-electron chi connectivity index (χ1n) is 5.00. The average molecular weight is 200 g/mol. The van der Waals surface area contributed by atoms with E-state index in [9.17, 15) is 9.90 Å². The van der Waals surface area contributed by atoms with Gasteiger partial charge in [-0.05, 0) is 5.92 Å². The lowest BCUT2D eigenvalue weighted by atomic mass is 9.83. The van der Waals surface area contributed by atoms with E-state index in [-0.39, 0.29) is 11.8 Å². The monoisotopic (exact) mass is 200 g/mol. The van der Waals surface area contributed by atoms with Crippen molar-refractivity contribution in [2.45, 2.75) is 19.4 Å². The first-order valence-corrected chi connectivity index (χ1v) is 5.00. The molecule has 0 bridgehead atoms. The third-order valence-electron chi connectivity index (χ3n) is 2.93. The Labute approximate surface area is 85.5 Å². The highest BCUT2D eigenvalue weighted by atomic mass is 16.3. The molecule has 14 heavy (non-hydrogen) atoms. The maximum atomic E-state index is 11.3. The smallest absolute Gasteiger partial charge is 0.236 e. The van der Waals surface area contributed by atoms with Crippen LogP contribution in [0.3, 0.4) is 0 Å². The van der Waals surface area contributed by atoms with E-state index in [2.05, 4.69) is 0 Å². The molecule has 1 saturated heterocycles. The number of aliphatic hydroxyl groups is 1. The summed E-state index contributed by atoms with van der Waals surface area (Å²) in [5.41, 5.74) is -0.577. The van der Waals surface area contributed by atoms with Crippen LogP contribution in [0, 0.1) is 5.92 Å². The Bertz CT molecular complexity index is 220. The molecule has 0 unspecified atom stereocenters. The molecule has 1 fully saturated rings. The lowest BCUT2D eigenvalue weighted by Gasteiger charge is -2.49. The molecule has 0 aromatic heterocycles. The molecule has 4 heteroatoms.